The van der Waals surface area contributed by atoms with Crippen LogP contribution in [0.25, 0.3) is 0 Å². The molecule has 3 rings (SSSR count). The number of aryl methyl sites for hydroxylation is 2. The minimum absolute atomic E-state index is 0.270. The number of hydrogen-bond acceptors (Lipinski definition) is 4. The summed E-state index contributed by atoms with van der Waals surface area (Å²) < 4.78 is 5.43. The van der Waals surface area contributed by atoms with Gasteiger partial charge >= 0.3 is 0 Å². The van der Waals surface area contributed by atoms with Gasteiger partial charge in [0.15, 0.2) is 0 Å². The van der Waals surface area contributed by atoms with Crippen molar-refractivity contribution in [3.05, 3.63) is 46.9 Å². The van der Waals surface area contributed by atoms with Crippen molar-refractivity contribution in [2.45, 2.75) is 52.5 Å². The molecule has 0 bridgehead atoms. The highest BCUT2D eigenvalue weighted by Gasteiger charge is 2.32. The average Bonchev–Trinajstić information content (AvgIpc) is 2.98. The zero-order valence-electron chi connectivity index (χ0n) is 15.1. The third-order valence-corrected chi connectivity index (χ3v) is 5.05. The average molecular weight is 325 g/mol. The van der Waals surface area contributed by atoms with Gasteiger partial charge in [-0.1, -0.05) is 33.3 Å². The lowest BCUT2D eigenvalue weighted by atomic mass is 9.97. The molecule has 1 aliphatic rings. The fourth-order valence-corrected chi connectivity index (χ4v) is 3.55. The second-order valence-electron chi connectivity index (χ2n) is 6.42. The molecule has 0 aliphatic heterocycles. The van der Waals surface area contributed by atoms with Crippen LogP contribution >= 0.6 is 0 Å². The summed E-state index contributed by atoms with van der Waals surface area (Å²) in [4.78, 5) is 9.41. The van der Waals surface area contributed by atoms with Gasteiger partial charge in [0.05, 0.1) is 24.5 Å². The first-order valence-corrected chi connectivity index (χ1v) is 8.98. The van der Waals surface area contributed by atoms with Crippen LogP contribution in [0.15, 0.2) is 24.4 Å². The fraction of sp³-hybridized carbons (Fsp3) is 0.500. The van der Waals surface area contributed by atoms with Crippen molar-refractivity contribution in [1.29, 1.82) is 0 Å². The molecule has 1 aromatic carbocycles. The van der Waals surface area contributed by atoms with Gasteiger partial charge in [0, 0.05) is 6.20 Å². The Labute approximate surface area is 144 Å². The summed E-state index contributed by atoms with van der Waals surface area (Å²) in [6, 6.07) is 6.70. The highest BCUT2D eigenvalue weighted by atomic mass is 16.5. The van der Waals surface area contributed by atoms with E-state index in [9.17, 15) is 0 Å². The van der Waals surface area contributed by atoms with Crippen LogP contribution in [0.3, 0.4) is 0 Å². The second kappa shape index (κ2) is 7.20. The monoisotopic (exact) mass is 325 g/mol. The Hall–Kier alpha value is -2.10. The summed E-state index contributed by atoms with van der Waals surface area (Å²) in [6.45, 7) is 6.51. The Bertz CT molecular complexity index is 714. The van der Waals surface area contributed by atoms with Crippen molar-refractivity contribution in [2.24, 2.45) is 5.92 Å². The Balaban J connectivity index is 1.97. The molecule has 0 saturated carbocycles. The quantitative estimate of drug-likeness (QED) is 0.858. The standard InChI is InChI=1S/C20H27N3O/c1-5-13-10-14-8-9-16(24-4)11-17(14)19(13)23-20-18(7-3)21-12-15(6-2)22-20/h8-9,11-13,19H,5-7,10H2,1-4H3,(H,22,23). The molecule has 2 atom stereocenters. The van der Waals surface area contributed by atoms with Gasteiger partial charge in [0.1, 0.15) is 11.6 Å². The maximum atomic E-state index is 5.43. The minimum atomic E-state index is 0.270. The van der Waals surface area contributed by atoms with Crippen LogP contribution in [0.1, 0.15) is 55.7 Å². The molecule has 24 heavy (non-hydrogen) atoms. The maximum Gasteiger partial charge on any atom is 0.148 e. The van der Waals surface area contributed by atoms with Gasteiger partial charge in [-0.05, 0) is 48.4 Å². The van der Waals surface area contributed by atoms with Gasteiger partial charge in [-0.2, -0.15) is 0 Å². The summed E-state index contributed by atoms with van der Waals surface area (Å²) in [5, 5.41) is 3.71. The van der Waals surface area contributed by atoms with Gasteiger partial charge in [0.25, 0.3) is 0 Å². The van der Waals surface area contributed by atoms with Crippen molar-refractivity contribution in [2.75, 3.05) is 12.4 Å². The predicted molar refractivity (Wildman–Crippen MR) is 97.6 cm³/mol. The first-order chi connectivity index (χ1) is 11.7. The Kier molecular flexibility index (Phi) is 5.03. The van der Waals surface area contributed by atoms with E-state index in [1.807, 2.05) is 6.20 Å². The summed E-state index contributed by atoms with van der Waals surface area (Å²) >= 11 is 0. The number of hydrogen-bond donors (Lipinski definition) is 1. The second-order valence-corrected chi connectivity index (χ2v) is 6.42. The Morgan fingerprint density at radius 2 is 2.04 bits per heavy atom. The van der Waals surface area contributed by atoms with Crippen LogP contribution in [0.2, 0.25) is 0 Å². The molecule has 1 aliphatic carbocycles. The summed E-state index contributed by atoms with van der Waals surface area (Å²) in [5.41, 5.74) is 4.83. The highest BCUT2D eigenvalue weighted by Crippen LogP contribution is 2.41. The van der Waals surface area contributed by atoms with E-state index in [0.717, 1.165) is 48.6 Å². The molecular formula is C20H27N3O. The molecule has 4 heteroatoms. The lowest BCUT2D eigenvalue weighted by Crippen LogP contribution is -2.19. The molecular weight excluding hydrogens is 298 g/mol. The summed E-state index contributed by atoms with van der Waals surface area (Å²) in [7, 11) is 1.72. The number of benzene rings is 1. The van der Waals surface area contributed by atoms with Gasteiger partial charge < -0.3 is 10.1 Å². The number of rotatable bonds is 6. The molecule has 2 unspecified atom stereocenters. The van der Waals surface area contributed by atoms with Crippen LogP contribution in [-0.4, -0.2) is 17.1 Å². The van der Waals surface area contributed by atoms with Gasteiger partial charge in [-0.25, -0.2) is 4.98 Å². The molecule has 2 aromatic rings. The highest BCUT2D eigenvalue weighted by molar-refractivity contribution is 5.49. The molecule has 0 fully saturated rings. The van der Waals surface area contributed by atoms with Gasteiger partial charge in [0.2, 0.25) is 0 Å². The van der Waals surface area contributed by atoms with E-state index in [1.54, 1.807) is 7.11 Å². The van der Waals surface area contributed by atoms with Crippen molar-refractivity contribution in [3.63, 3.8) is 0 Å². The number of anilines is 1. The zero-order chi connectivity index (χ0) is 17.1. The number of nitrogens with one attached hydrogen (secondary N) is 1. The van der Waals surface area contributed by atoms with Crippen molar-refractivity contribution in [3.8, 4) is 5.75 Å². The van der Waals surface area contributed by atoms with E-state index in [4.69, 9.17) is 9.72 Å². The van der Waals surface area contributed by atoms with Crippen molar-refractivity contribution < 1.29 is 4.74 Å². The number of fused-ring (bicyclic) bond motifs is 1. The number of aromatic nitrogens is 2. The molecule has 128 valence electrons. The number of methoxy groups -OCH3 is 1. The SMILES string of the molecule is CCc1cnc(CC)c(NC2c3cc(OC)ccc3CC2CC)n1. The topological polar surface area (TPSA) is 47.0 Å². The molecule has 1 N–H and O–H groups in total. The van der Waals surface area contributed by atoms with Crippen molar-refractivity contribution >= 4 is 5.82 Å². The third kappa shape index (κ3) is 3.10. The number of ether oxygens (including phenoxy) is 1. The van der Waals surface area contributed by atoms with Crippen LogP contribution < -0.4 is 10.1 Å². The Morgan fingerprint density at radius 3 is 2.71 bits per heavy atom. The molecule has 4 nitrogen and oxygen atoms in total. The zero-order valence-corrected chi connectivity index (χ0v) is 15.1. The normalized spacial score (nSPS) is 19.2. The van der Waals surface area contributed by atoms with E-state index >= 15 is 0 Å². The van der Waals surface area contributed by atoms with Crippen LogP contribution in [0.4, 0.5) is 5.82 Å². The molecule has 0 saturated heterocycles. The first kappa shape index (κ1) is 16.7. The molecule has 1 aromatic heterocycles. The van der Waals surface area contributed by atoms with Crippen LogP contribution in [0.5, 0.6) is 5.75 Å². The van der Waals surface area contributed by atoms with E-state index in [2.05, 4.69) is 49.3 Å². The molecule has 0 spiro atoms. The van der Waals surface area contributed by atoms with Gasteiger partial charge in [-0.3, -0.25) is 4.98 Å². The Morgan fingerprint density at radius 1 is 1.21 bits per heavy atom. The maximum absolute atomic E-state index is 5.43. The molecule has 0 amide bonds. The third-order valence-electron chi connectivity index (χ3n) is 5.05. The summed E-state index contributed by atoms with van der Waals surface area (Å²) in [5.74, 6) is 2.43. The molecule has 0 radical (unpaired) electrons. The largest absolute Gasteiger partial charge is 0.497 e. The summed E-state index contributed by atoms with van der Waals surface area (Å²) in [6.07, 6.45) is 5.92. The van der Waals surface area contributed by atoms with E-state index in [0.29, 0.717) is 5.92 Å². The molecule has 1 heterocycles. The predicted octanol–water partition coefficient (Wildman–Crippen LogP) is 4.35. The lowest BCUT2D eigenvalue weighted by Gasteiger charge is -2.23. The van der Waals surface area contributed by atoms with E-state index in [-0.39, 0.29) is 6.04 Å². The minimum Gasteiger partial charge on any atom is -0.497 e. The van der Waals surface area contributed by atoms with Crippen LogP contribution in [0, 0.1) is 5.92 Å². The van der Waals surface area contributed by atoms with E-state index < -0.39 is 0 Å². The smallest absolute Gasteiger partial charge is 0.148 e. The van der Waals surface area contributed by atoms with E-state index in [1.165, 1.54) is 11.1 Å². The lowest BCUT2D eigenvalue weighted by molar-refractivity contribution is 0.413. The van der Waals surface area contributed by atoms with Crippen molar-refractivity contribution in [1.82, 2.24) is 9.97 Å². The van der Waals surface area contributed by atoms with Gasteiger partial charge in [-0.15, -0.1) is 0 Å². The fourth-order valence-electron chi connectivity index (χ4n) is 3.55. The number of nitrogens with zero attached hydrogens (tertiary/aromatic N) is 2. The van der Waals surface area contributed by atoms with Crippen LogP contribution in [-0.2, 0) is 19.3 Å². The first-order valence-electron chi connectivity index (χ1n) is 8.98.